The number of thiophene rings is 1. The Morgan fingerprint density at radius 1 is 1.19 bits per heavy atom. The summed E-state index contributed by atoms with van der Waals surface area (Å²) in [4.78, 5) is 40.3. The lowest BCUT2D eigenvalue weighted by Gasteiger charge is -2.30. The summed E-state index contributed by atoms with van der Waals surface area (Å²) in [6.07, 6.45) is 1.53. The van der Waals surface area contributed by atoms with Crippen molar-refractivity contribution in [3.63, 3.8) is 0 Å². The molecular weight excluding hydrogens is 418 g/mol. The zero-order valence-corrected chi connectivity index (χ0v) is 18.2. The van der Waals surface area contributed by atoms with Crippen LogP contribution < -0.4 is 20.7 Å². The first kappa shape index (κ1) is 20.0. The molecule has 0 aromatic carbocycles. The quantitative estimate of drug-likeness (QED) is 0.517. The van der Waals surface area contributed by atoms with Gasteiger partial charge in [0.15, 0.2) is 0 Å². The van der Waals surface area contributed by atoms with Crippen LogP contribution in [0.5, 0.6) is 0 Å². The van der Waals surface area contributed by atoms with Gasteiger partial charge in [0.1, 0.15) is 10.6 Å². The number of aromatic nitrogens is 4. The number of nitrogens with one attached hydrogen (secondary N) is 2. The predicted octanol–water partition coefficient (Wildman–Crippen LogP) is 0.235. The molecular formula is C20H25N7O3S. The maximum absolute atomic E-state index is 12.5. The molecule has 1 saturated heterocycles. The van der Waals surface area contributed by atoms with Gasteiger partial charge in [-0.25, -0.2) is 4.98 Å². The Kier molecular flexibility index (Phi) is 5.14. The summed E-state index contributed by atoms with van der Waals surface area (Å²) < 4.78 is 1.47. The summed E-state index contributed by atoms with van der Waals surface area (Å²) in [7, 11) is 0. The molecule has 0 spiro atoms. The number of nitrogens with zero attached hydrogens (tertiary/aromatic N) is 5. The van der Waals surface area contributed by atoms with Gasteiger partial charge in [-0.05, 0) is 18.9 Å². The SMILES string of the molecule is CCc1cc2c(N3CCc4c([nH]n(CCO)c4=O)C3)nc(N3CCNC(=O)C3)nc2s1. The van der Waals surface area contributed by atoms with E-state index in [9.17, 15) is 14.7 Å². The van der Waals surface area contributed by atoms with Gasteiger partial charge in [0.2, 0.25) is 11.9 Å². The predicted molar refractivity (Wildman–Crippen MR) is 119 cm³/mol. The van der Waals surface area contributed by atoms with Gasteiger partial charge in [-0.15, -0.1) is 11.3 Å². The Balaban J connectivity index is 1.55. The molecule has 0 bridgehead atoms. The monoisotopic (exact) mass is 443 g/mol. The molecule has 5 heterocycles. The number of fused-ring (bicyclic) bond motifs is 2. The highest BCUT2D eigenvalue weighted by Crippen LogP contribution is 2.35. The van der Waals surface area contributed by atoms with Crippen LogP contribution in [0.4, 0.5) is 11.8 Å². The number of carbonyl (C=O) groups is 1. The van der Waals surface area contributed by atoms with Gasteiger partial charge < -0.3 is 20.2 Å². The van der Waals surface area contributed by atoms with E-state index in [-0.39, 0.29) is 31.2 Å². The van der Waals surface area contributed by atoms with Crippen LogP contribution in [0.1, 0.15) is 23.1 Å². The van der Waals surface area contributed by atoms with Crippen molar-refractivity contribution in [2.75, 3.05) is 42.6 Å². The van der Waals surface area contributed by atoms with Crippen molar-refractivity contribution in [2.45, 2.75) is 32.9 Å². The van der Waals surface area contributed by atoms with Crippen molar-refractivity contribution in [1.82, 2.24) is 25.1 Å². The first-order chi connectivity index (χ1) is 15.1. The normalized spacial score (nSPS) is 16.6. The third-order valence-corrected chi connectivity index (χ3v) is 7.00. The van der Waals surface area contributed by atoms with Crippen molar-refractivity contribution in [2.24, 2.45) is 0 Å². The van der Waals surface area contributed by atoms with E-state index >= 15 is 0 Å². The van der Waals surface area contributed by atoms with Gasteiger partial charge in [-0.1, -0.05) is 6.92 Å². The second-order valence-corrected chi connectivity index (χ2v) is 8.94. The summed E-state index contributed by atoms with van der Waals surface area (Å²) in [5, 5.41) is 16.2. The van der Waals surface area contributed by atoms with Crippen LogP contribution in [0.15, 0.2) is 10.9 Å². The summed E-state index contributed by atoms with van der Waals surface area (Å²) in [6.45, 7) is 4.99. The van der Waals surface area contributed by atoms with Crippen molar-refractivity contribution in [1.29, 1.82) is 0 Å². The lowest BCUT2D eigenvalue weighted by molar-refractivity contribution is -0.120. The number of H-pyrrole nitrogens is 1. The number of anilines is 2. The molecule has 164 valence electrons. The molecule has 0 unspecified atom stereocenters. The van der Waals surface area contributed by atoms with Gasteiger partial charge in [-0.2, -0.15) is 4.98 Å². The molecule has 0 radical (unpaired) electrons. The van der Waals surface area contributed by atoms with E-state index < -0.39 is 0 Å². The van der Waals surface area contributed by atoms with E-state index in [0.29, 0.717) is 38.5 Å². The van der Waals surface area contributed by atoms with Crippen molar-refractivity contribution in [3.8, 4) is 0 Å². The number of piperazine rings is 1. The average molecular weight is 444 g/mol. The van der Waals surface area contributed by atoms with Gasteiger partial charge in [0, 0.05) is 30.1 Å². The third-order valence-electron chi connectivity index (χ3n) is 5.82. The molecule has 0 aliphatic carbocycles. The lowest BCUT2D eigenvalue weighted by atomic mass is 10.1. The first-order valence-electron chi connectivity index (χ1n) is 10.6. The Hall–Kier alpha value is -2.92. The minimum atomic E-state index is -0.0863. The van der Waals surface area contributed by atoms with Gasteiger partial charge in [0.25, 0.3) is 5.56 Å². The van der Waals surface area contributed by atoms with E-state index in [0.717, 1.165) is 33.7 Å². The number of aromatic amines is 1. The molecule has 2 aliphatic rings. The number of hydrogen-bond acceptors (Lipinski definition) is 8. The summed E-state index contributed by atoms with van der Waals surface area (Å²) in [6, 6.07) is 2.15. The highest BCUT2D eigenvalue weighted by atomic mass is 32.1. The van der Waals surface area contributed by atoms with Crippen LogP contribution in [0, 0.1) is 0 Å². The smallest absolute Gasteiger partial charge is 0.270 e. The fourth-order valence-electron chi connectivity index (χ4n) is 4.23. The topological polar surface area (TPSA) is 119 Å². The molecule has 11 heteroatoms. The van der Waals surface area contributed by atoms with Gasteiger partial charge >= 0.3 is 0 Å². The third kappa shape index (κ3) is 3.57. The second kappa shape index (κ2) is 7.97. The Morgan fingerprint density at radius 2 is 2.06 bits per heavy atom. The number of hydrogen-bond donors (Lipinski definition) is 3. The molecule has 5 rings (SSSR count). The molecule has 2 aliphatic heterocycles. The van der Waals surface area contributed by atoms with Crippen molar-refractivity contribution < 1.29 is 9.90 Å². The van der Waals surface area contributed by atoms with E-state index in [4.69, 9.17) is 9.97 Å². The van der Waals surface area contributed by atoms with E-state index in [1.165, 1.54) is 9.56 Å². The van der Waals surface area contributed by atoms with Crippen LogP contribution in [-0.4, -0.2) is 63.5 Å². The van der Waals surface area contributed by atoms with E-state index in [1.54, 1.807) is 11.3 Å². The Morgan fingerprint density at radius 3 is 2.84 bits per heavy atom. The van der Waals surface area contributed by atoms with E-state index in [2.05, 4.69) is 28.3 Å². The summed E-state index contributed by atoms with van der Waals surface area (Å²) in [5.74, 6) is 1.38. The fraction of sp³-hybridized carbons (Fsp3) is 0.500. The average Bonchev–Trinajstić information content (AvgIpc) is 3.34. The first-order valence-corrected chi connectivity index (χ1v) is 11.4. The number of aliphatic hydroxyl groups excluding tert-OH is 1. The minimum absolute atomic E-state index is 0.0256. The second-order valence-electron chi connectivity index (χ2n) is 7.82. The zero-order valence-electron chi connectivity index (χ0n) is 17.3. The van der Waals surface area contributed by atoms with Crippen LogP contribution in [0.25, 0.3) is 10.2 Å². The minimum Gasteiger partial charge on any atom is -0.394 e. The van der Waals surface area contributed by atoms with Crippen LogP contribution in [-0.2, 0) is 30.7 Å². The Bertz CT molecular complexity index is 1200. The summed E-state index contributed by atoms with van der Waals surface area (Å²) in [5.41, 5.74) is 1.59. The van der Waals surface area contributed by atoms with Crippen molar-refractivity contribution in [3.05, 3.63) is 32.6 Å². The zero-order chi connectivity index (χ0) is 21.5. The highest BCUT2D eigenvalue weighted by molar-refractivity contribution is 7.18. The fourth-order valence-corrected chi connectivity index (χ4v) is 5.18. The summed E-state index contributed by atoms with van der Waals surface area (Å²) >= 11 is 1.66. The maximum Gasteiger partial charge on any atom is 0.270 e. The number of aliphatic hydroxyl groups is 1. The van der Waals surface area contributed by atoms with Gasteiger partial charge in [-0.3, -0.25) is 19.4 Å². The maximum atomic E-state index is 12.5. The number of amides is 1. The molecule has 10 nitrogen and oxygen atoms in total. The highest BCUT2D eigenvalue weighted by Gasteiger charge is 2.27. The number of aryl methyl sites for hydroxylation is 1. The molecule has 31 heavy (non-hydrogen) atoms. The van der Waals surface area contributed by atoms with Crippen LogP contribution in [0.2, 0.25) is 0 Å². The number of carbonyl (C=O) groups excluding carboxylic acids is 1. The molecule has 0 atom stereocenters. The van der Waals surface area contributed by atoms with Crippen molar-refractivity contribution >= 4 is 39.2 Å². The molecule has 0 saturated carbocycles. The largest absolute Gasteiger partial charge is 0.394 e. The van der Waals surface area contributed by atoms with Gasteiger partial charge in [0.05, 0.1) is 37.3 Å². The number of rotatable bonds is 5. The lowest BCUT2D eigenvalue weighted by Crippen LogP contribution is -2.48. The molecule has 1 fully saturated rings. The molecule has 3 aromatic heterocycles. The Labute approximate surface area is 182 Å². The van der Waals surface area contributed by atoms with Crippen LogP contribution in [0.3, 0.4) is 0 Å². The standard InChI is InChI=1S/C20H25N7O3S/c1-2-12-9-14-17(22-20(23-18(14)31-12)26-6-4-21-16(29)11-26)25-5-3-13-15(10-25)24-27(7-8-28)19(13)30/h9,24,28H,2-8,10-11H2,1H3,(H,21,29). The molecule has 3 N–H and O–H groups in total. The van der Waals surface area contributed by atoms with E-state index in [1.807, 2.05) is 4.90 Å². The molecule has 1 amide bonds. The molecule has 3 aromatic rings. The van der Waals surface area contributed by atoms with Crippen LogP contribution >= 0.6 is 11.3 Å².